The Balaban J connectivity index is 1.60. The van der Waals surface area contributed by atoms with Crippen molar-refractivity contribution in [2.75, 3.05) is 7.11 Å². The van der Waals surface area contributed by atoms with Crippen molar-refractivity contribution >= 4 is 11.6 Å². The lowest BCUT2D eigenvalue weighted by atomic mass is 10.1. The molecular formula is C20H16ClN5O2. The van der Waals surface area contributed by atoms with Crippen LogP contribution in [0.2, 0.25) is 5.02 Å². The first-order valence-corrected chi connectivity index (χ1v) is 8.90. The van der Waals surface area contributed by atoms with E-state index in [0.717, 1.165) is 11.1 Å². The first kappa shape index (κ1) is 17.9. The molecule has 0 atom stereocenters. The van der Waals surface area contributed by atoms with Gasteiger partial charge in [-0.2, -0.15) is 0 Å². The molecular weight excluding hydrogens is 378 g/mol. The number of halogens is 1. The van der Waals surface area contributed by atoms with Gasteiger partial charge in [-0.1, -0.05) is 47.1 Å². The van der Waals surface area contributed by atoms with E-state index < -0.39 is 0 Å². The molecule has 7 nitrogen and oxygen atoms in total. The molecule has 140 valence electrons. The van der Waals surface area contributed by atoms with Crippen molar-refractivity contribution in [3.05, 3.63) is 81.9 Å². The predicted octanol–water partition coefficient (Wildman–Crippen LogP) is 3.41. The summed E-state index contributed by atoms with van der Waals surface area (Å²) < 4.78 is 6.79. The zero-order chi connectivity index (χ0) is 19.5. The van der Waals surface area contributed by atoms with Crippen LogP contribution in [0.1, 0.15) is 5.69 Å². The molecule has 2 aromatic heterocycles. The van der Waals surface area contributed by atoms with Crippen LogP contribution in [0.5, 0.6) is 5.75 Å². The third kappa shape index (κ3) is 3.79. The quantitative estimate of drug-likeness (QED) is 0.561. The number of nitrogens with one attached hydrogen (secondary N) is 1. The average Bonchev–Trinajstić information content (AvgIpc) is 3.16. The Bertz CT molecular complexity index is 1170. The molecule has 0 fully saturated rings. The number of H-pyrrole nitrogens is 1. The van der Waals surface area contributed by atoms with Gasteiger partial charge in [-0.05, 0) is 18.2 Å². The van der Waals surface area contributed by atoms with Gasteiger partial charge >= 0.3 is 0 Å². The number of hydrogen-bond acceptors (Lipinski definition) is 5. The van der Waals surface area contributed by atoms with E-state index in [2.05, 4.69) is 20.3 Å². The summed E-state index contributed by atoms with van der Waals surface area (Å²) in [5, 5.41) is 8.81. The van der Waals surface area contributed by atoms with E-state index in [-0.39, 0.29) is 5.56 Å². The van der Waals surface area contributed by atoms with Crippen LogP contribution in [-0.4, -0.2) is 32.1 Å². The van der Waals surface area contributed by atoms with Crippen LogP contribution in [0.15, 0.2) is 65.6 Å². The van der Waals surface area contributed by atoms with Gasteiger partial charge < -0.3 is 9.72 Å². The second kappa shape index (κ2) is 7.66. The molecule has 0 spiro atoms. The van der Waals surface area contributed by atoms with E-state index >= 15 is 0 Å². The summed E-state index contributed by atoms with van der Waals surface area (Å²) in [7, 11) is 1.56. The average molecular weight is 394 g/mol. The topological polar surface area (TPSA) is 85.7 Å². The van der Waals surface area contributed by atoms with E-state index in [0.29, 0.717) is 34.5 Å². The van der Waals surface area contributed by atoms with Gasteiger partial charge in [0, 0.05) is 17.2 Å². The highest BCUT2D eigenvalue weighted by Crippen LogP contribution is 2.29. The molecule has 0 radical (unpaired) electrons. The highest BCUT2D eigenvalue weighted by atomic mass is 35.5. The van der Waals surface area contributed by atoms with Gasteiger partial charge in [0.25, 0.3) is 5.56 Å². The van der Waals surface area contributed by atoms with Crippen LogP contribution < -0.4 is 10.3 Å². The molecule has 0 saturated heterocycles. The van der Waals surface area contributed by atoms with Gasteiger partial charge in [0.15, 0.2) is 0 Å². The normalized spacial score (nSPS) is 10.8. The third-order valence-electron chi connectivity index (χ3n) is 4.15. The molecule has 0 unspecified atom stereocenters. The molecule has 4 aromatic rings. The fraction of sp³-hybridized carbons (Fsp3) is 0.100. The fourth-order valence-corrected chi connectivity index (χ4v) is 3.08. The van der Waals surface area contributed by atoms with Crippen LogP contribution in [0, 0.1) is 0 Å². The van der Waals surface area contributed by atoms with Crippen molar-refractivity contribution in [1.29, 1.82) is 0 Å². The minimum Gasteiger partial charge on any atom is -0.495 e. The summed E-state index contributed by atoms with van der Waals surface area (Å²) >= 11 is 6.18. The van der Waals surface area contributed by atoms with E-state index in [1.165, 1.54) is 6.07 Å². The summed E-state index contributed by atoms with van der Waals surface area (Å²) in [6.45, 7) is 0.320. The Morgan fingerprint density at radius 1 is 1.11 bits per heavy atom. The van der Waals surface area contributed by atoms with Crippen LogP contribution >= 0.6 is 11.6 Å². The molecule has 2 aromatic carbocycles. The van der Waals surface area contributed by atoms with E-state index in [1.54, 1.807) is 30.1 Å². The van der Waals surface area contributed by atoms with Crippen molar-refractivity contribution in [1.82, 2.24) is 25.0 Å². The number of aromatic nitrogens is 5. The summed E-state index contributed by atoms with van der Waals surface area (Å²) in [6.07, 6.45) is 1.78. The maximum Gasteiger partial charge on any atom is 0.251 e. The van der Waals surface area contributed by atoms with Crippen LogP contribution in [-0.2, 0) is 6.54 Å². The van der Waals surface area contributed by atoms with Gasteiger partial charge in [-0.25, -0.2) is 9.67 Å². The van der Waals surface area contributed by atoms with Gasteiger partial charge in [-0.3, -0.25) is 4.79 Å². The molecule has 0 aliphatic carbocycles. The monoisotopic (exact) mass is 393 g/mol. The van der Waals surface area contributed by atoms with Gasteiger partial charge in [-0.15, -0.1) is 5.10 Å². The SMILES string of the molecule is COc1ccc(-c2cn(Cc3cc(=O)[nH]c(-c4ccccc4)n3)nn2)cc1Cl. The molecule has 8 heteroatoms. The summed E-state index contributed by atoms with van der Waals surface area (Å²) in [5.74, 6) is 1.12. The summed E-state index contributed by atoms with van der Waals surface area (Å²) in [5.41, 5.74) is 2.70. The standard InChI is InChI=1S/C20H16ClN5O2/c1-28-18-8-7-14(9-16(18)21)17-12-26(25-24-17)11-15-10-19(27)23-20(22-15)13-5-3-2-4-6-13/h2-10,12H,11H2,1H3,(H,22,23,27). The van der Waals surface area contributed by atoms with Crippen molar-refractivity contribution in [3.63, 3.8) is 0 Å². The van der Waals surface area contributed by atoms with Gasteiger partial charge in [0.2, 0.25) is 0 Å². The number of methoxy groups -OCH3 is 1. The molecule has 0 saturated carbocycles. The molecule has 1 N–H and O–H groups in total. The molecule has 0 amide bonds. The Kier molecular flexibility index (Phi) is 4.90. The van der Waals surface area contributed by atoms with E-state index in [1.807, 2.05) is 36.4 Å². The zero-order valence-corrected chi connectivity index (χ0v) is 15.7. The Morgan fingerprint density at radius 2 is 1.93 bits per heavy atom. The maximum absolute atomic E-state index is 12.0. The molecule has 28 heavy (non-hydrogen) atoms. The van der Waals surface area contributed by atoms with E-state index in [4.69, 9.17) is 16.3 Å². The minimum absolute atomic E-state index is 0.217. The van der Waals surface area contributed by atoms with Crippen LogP contribution in [0.25, 0.3) is 22.6 Å². The van der Waals surface area contributed by atoms with Crippen molar-refractivity contribution in [2.45, 2.75) is 6.54 Å². The van der Waals surface area contributed by atoms with Gasteiger partial charge in [0.1, 0.15) is 17.3 Å². The second-order valence-electron chi connectivity index (χ2n) is 6.10. The fourth-order valence-electron chi connectivity index (χ4n) is 2.82. The molecule has 4 rings (SSSR count). The highest BCUT2D eigenvalue weighted by molar-refractivity contribution is 6.32. The smallest absolute Gasteiger partial charge is 0.251 e. The third-order valence-corrected chi connectivity index (χ3v) is 4.45. The first-order valence-electron chi connectivity index (χ1n) is 8.52. The van der Waals surface area contributed by atoms with Crippen LogP contribution in [0.4, 0.5) is 0 Å². The lowest BCUT2D eigenvalue weighted by Gasteiger charge is -2.05. The zero-order valence-electron chi connectivity index (χ0n) is 15.0. The lowest BCUT2D eigenvalue weighted by Crippen LogP contribution is -2.13. The van der Waals surface area contributed by atoms with Gasteiger partial charge in [0.05, 0.1) is 30.6 Å². The number of aromatic amines is 1. The number of rotatable bonds is 5. The first-order chi connectivity index (χ1) is 13.6. The molecule has 0 aliphatic rings. The number of nitrogens with zero attached hydrogens (tertiary/aromatic N) is 4. The summed E-state index contributed by atoms with van der Waals surface area (Å²) in [4.78, 5) is 19.3. The van der Waals surface area contributed by atoms with Crippen molar-refractivity contribution in [3.8, 4) is 28.4 Å². The second-order valence-corrected chi connectivity index (χ2v) is 6.51. The largest absolute Gasteiger partial charge is 0.495 e. The molecule has 0 bridgehead atoms. The maximum atomic E-state index is 12.0. The van der Waals surface area contributed by atoms with E-state index in [9.17, 15) is 4.79 Å². The van der Waals surface area contributed by atoms with Crippen LogP contribution in [0.3, 0.4) is 0 Å². The Hall–Kier alpha value is -3.45. The Morgan fingerprint density at radius 3 is 2.68 bits per heavy atom. The summed E-state index contributed by atoms with van der Waals surface area (Å²) in [6, 6.07) is 16.3. The predicted molar refractivity (Wildman–Crippen MR) is 106 cm³/mol. The minimum atomic E-state index is -0.217. The molecule has 0 aliphatic heterocycles. The number of hydrogen-bond donors (Lipinski definition) is 1. The van der Waals surface area contributed by atoms with Crippen molar-refractivity contribution in [2.24, 2.45) is 0 Å². The lowest BCUT2D eigenvalue weighted by molar-refractivity contribution is 0.415. The Labute approximate surface area is 165 Å². The number of ether oxygens (including phenoxy) is 1. The molecule has 2 heterocycles. The van der Waals surface area contributed by atoms with Crippen molar-refractivity contribution < 1.29 is 4.74 Å². The number of benzene rings is 2. The highest BCUT2D eigenvalue weighted by Gasteiger charge is 2.10.